The van der Waals surface area contributed by atoms with Gasteiger partial charge in [0.25, 0.3) is 0 Å². The van der Waals surface area contributed by atoms with Gasteiger partial charge in [0.2, 0.25) is 0 Å². The van der Waals surface area contributed by atoms with E-state index in [-0.39, 0.29) is 37.1 Å². The molecule has 0 aromatic heterocycles. The maximum atomic E-state index is 15.1. The number of hydrogen-bond donors (Lipinski definition) is 3. The highest BCUT2D eigenvalue weighted by Crippen LogP contribution is 2.70. The smallest absolute Gasteiger partial charge is 0.383 e. The number of alkyl halides is 5. The Morgan fingerprint density at radius 1 is 1.05 bits per heavy atom. The molecule has 0 radical (unpaired) electrons. The van der Waals surface area contributed by atoms with Crippen LogP contribution in [0.5, 0.6) is 0 Å². The predicted octanol–water partition coefficient (Wildman–Crippen LogP) is 6.33. The SMILES string of the molecule is CCNC(=O)NCc1ccc([C@H]2C[C@@]3(C)[C@@H](CC[C@@]3(O)C(F)(F)C(F)(F)F)[C@@H]3CCC4=CC(=O)CCC4=C32)cc1. The number of urea groups is 1. The lowest BCUT2D eigenvalue weighted by atomic mass is 9.50. The number of hydrogen-bond acceptors (Lipinski definition) is 3. The van der Waals surface area contributed by atoms with Crippen molar-refractivity contribution in [2.75, 3.05) is 6.54 Å². The van der Waals surface area contributed by atoms with Gasteiger partial charge in [-0.2, -0.15) is 22.0 Å². The number of carbonyl (C=O) groups excluding carboxylic acids is 2. The number of ketones is 1. The Balaban J connectivity index is 1.57. The largest absolute Gasteiger partial charge is 0.456 e. The van der Waals surface area contributed by atoms with Crippen LogP contribution < -0.4 is 10.6 Å². The molecule has 40 heavy (non-hydrogen) atoms. The van der Waals surface area contributed by atoms with Crippen molar-refractivity contribution in [3.05, 3.63) is 58.2 Å². The molecule has 0 saturated heterocycles. The summed E-state index contributed by atoms with van der Waals surface area (Å²) in [5.74, 6) is -6.51. The molecule has 5 nitrogen and oxygen atoms in total. The Morgan fingerprint density at radius 2 is 1.75 bits per heavy atom. The van der Waals surface area contributed by atoms with Crippen molar-refractivity contribution in [3.63, 3.8) is 0 Å². The first kappa shape index (κ1) is 28.8. The molecule has 2 amide bonds. The predicted molar refractivity (Wildman–Crippen MR) is 139 cm³/mol. The van der Waals surface area contributed by atoms with Crippen LogP contribution in [0.2, 0.25) is 0 Å². The topological polar surface area (TPSA) is 78.4 Å². The molecule has 5 rings (SSSR count). The third-order valence-corrected chi connectivity index (χ3v) is 9.93. The van der Waals surface area contributed by atoms with Crippen LogP contribution in [0.4, 0.5) is 26.7 Å². The summed E-state index contributed by atoms with van der Waals surface area (Å²) >= 11 is 0. The van der Waals surface area contributed by atoms with Crippen molar-refractivity contribution in [2.45, 2.75) is 89.0 Å². The van der Waals surface area contributed by atoms with Crippen molar-refractivity contribution < 1.29 is 36.6 Å². The number of carbonyl (C=O) groups is 2. The van der Waals surface area contributed by atoms with Crippen molar-refractivity contribution in [3.8, 4) is 0 Å². The highest BCUT2D eigenvalue weighted by atomic mass is 19.4. The van der Waals surface area contributed by atoms with Gasteiger partial charge in [-0.25, -0.2) is 4.79 Å². The summed E-state index contributed by atoms with van der Waals surface area (Å²) in [7, 11) is 0. The van der Waals surface area contributed by atoms with Gasteiger partial charge in [-0.05, 0) is 85.6 Å². The number of halogens is 5. The molecule has 2 saturated carbocycles. The second-order valence-corrected chi connectivity index (χ2v) is 11.9. The van der Waals surface area contributed by atoms with Crippen LogP contribution in [0, 0.1) is 17.3 Å². The monoisotopic (exact) mass is 566 g/mol. The third-order valence-electron chi connectivity index (χ3n) is 9.93. The van der Waals surface area contributed by atoms with Crippen LogP contribution in [-0.4, -0.2) is 41.2 Å². The Bertz CT molecular complexity index is 1250. The fraction of sp³-hybridized carbons (Fsp3) is 0.600. The Labute approximate surface area is 230 Å². The molecule has 4 aliphatic carbocycles. The van der Waals surface area contributed by atoms with Crippen molar-refractivity contribution in [1.29, 1.82) is 0 Å². The molecular formula is C30H35F5N2O3. The van der Waals surface area contributed by atoms with E-state index in [1.807, 2.05) is 24.3 Å². The minimum atomic E-state index is -5.88. The van der Waals surface area contributed by atoms with E-state index in [1.165, 1.54) is 6.92 Å². The zero-order valence-corrected chi connectivity index (χ0v) is 22.6. The standard InChI is InChI=1S/C30H35F5N2O3/c1-3-36-26(39)37-16-17-4-6-18(7-5-17)23-15-27(2)24(12-13-28(27,40)29(31,32)30(33,34)35)22-10-8-19-14-20(38)9-11-21(19)25(22)23/h4-7,14,22-24,40H,3,8-13,15-16H2,1-2H3,(H2,36,37,39)/t22-,23+,24-,27-,28-/m0/s1. The lowest BCUT2D eigenvalue weighted by molar-refractivity contribution is -0.362. The molecule has 1 aromatic rings. The van der Waals surface area contributed by atoms with Crippen LogP contribution in [0.3, 0.4) is 0 Å². The van der Waals surface area contributed by atoms with Gasteiger partial charge < -0.3 is 15.7 Å². The maximum Gasteiger partial charge on any atom is 0.456 e. The van der Waals surface area contributed by atoms with Crippen LogP contribution >= 0.6 is 0 Å². The molecule has 0 spiro atoms. The fourth-order valence-corrected chi connectivity index (χ4v) is 7.99. The summed E-state index contributed by atoms with van der Waals surface area (Å²) in [5, 5.41) is 16.7. The Kier molecular flexibility index (Phi) is 7.16. The summed E-state index contributed by atoms with van der Waals surface area (Å²) in [4.78, 5) is 24.0. The zero-order valence-electron chi connectivity index (χ0n) is 22.6. The summed E-state index contributed by atoms with van der Waals surface area (Å²) in [6.07, 6.45) is -2.87. The summed E-state index contributed by atoms with van der Waals surface area (Å²) in [6, 6.07) is 6.97. The van der Waals surface area contributed by atoms with Gasteiger partial charge in [0.15, 0.2) is 5.78 Å². The average molecular weight is 567 g/mol. The zero-order chi connectivity index (χ0) is 29.1. The molecular weight excluding hydrogens is 531 g/mol. The van der Waals surface area contributed by atoms with E-state index in [4.69, 9.17) is 0 Å². The van der Waals surface area contributed by atoms with E-state index in [0.29, 0.717) is 32.2 Å². The molecule has 218 valence electrons. The second kappa shape index (κ2) is 9.96. The molecule has 2 fully saturated rings. The van der Waals surface area contributed by atoms with Gasteiger partial charge in [0.1, 0.15) is 5.60 Å². The van der Waals surface area contributed by atoms with Crippen LogP contribution in [0.15, 0.2) is 47.1 Å². The minimum Gasteiger partial charge on any atom is -0.383 e. The molecule has 0 unspecified atom stereocenters. The summed E-state index contributed by atoms with van der Waals surface area (Å²) in [5.41, 5.74) is -0.354. The molecule has 1 aromatic carbocycles. The second-order valence-electron chi connectivity index (χ2n) is 11.9. The van der Waals surface area contributed by atoms with Gasteiger partial charge in [-0.15, -0.1) is 0 Å². The number of aliphatic hydroxyl groups is 1. The normalized spacial score (nSPS) is 32.1. The highest BCUT2D eigenvalue weighted by Gasteiger charge is 2.79. The molecule has 4 aliphatic rings. The van der Waals surface area contributed by atoms with Crippen LogP contribution in [0.1, 0.15) is 75.8 Å². The van der Waals surface area contributed by atoms with Crippen molar-refractivity contribution in [1.82, 2.24) is 10.6 Å². The first-order valence-corrected chi connectivity index (χ1v) is 14.0. The molecule has 3 N–H and O–H groups in total. The van der Waals surface area contributed by atoms with Crippen LogP contribution in [0.25, 0.3) is 0 Å². The minimum absolute atomic E-state index is 0.0408. The number of rotatable bonds is 5. The number of allylic oxidation sites excluding steroid dienone is 4. The van der Waals surface area contributed by atoms with Gasteiger partial charge in [-0.1, -0.05) is 36.8 Å². The Hall–Kier alpha value is -2.75. The number of nitrogens with one attached hydrogen (secondary N) is 2. The van der Waals surface area contributed by atoms with E-state index in [0.717, 1.165) is 27.8 Å². The van der Waals surface area contributed by atoms with E-state index < -0.39 is 41.4 Å². The number of benzene rings is 1. The van der Waals surface area contributed by atoms with Gasteiger partial charge in [0, 0.05) is 30.8 Å². The summed E-state index contributed by atoms with van der Waals surface area (Å²) in [6.45, 7) is 3.96. The third kappa shape index (κ3) is 4.37. The van der Waals surface area contributed by atoms with Gasteiger partial charge in [0.05, 0.1) is 0 Å². The molecule has 10 heteroatoms. The van der Waals surface area contributed by atoms with Crippen LogP contribution in [-0.2, 0) is 11.3 Å². The van der Waals surface area contributed by atoms with E-state index >= 15 is 8.78 Å². The number of fused-ring (bicyclic) bond motifs is 4. The maximum absolute atomic E-state index is 15.1. The first-order valence-electron chi connectivity index (χ1n) is 14.0. The lowest BCUT2D eigenvalue weighted by Crippen LogP contribution is -2.65. The quantitative estimate of drug-likeness (QED) is 0.365. The molecule has 0 aliphatic heterocycles. The van der Waals surface area contributed by atoms with Gasteiger partial charge >= 0.3 is 18.1 Å². The Morgan fingerprint density at radius 3 is 2.40 bits per heavy atom. The fourth-order valence-electron chi connectivity index (χ4n) is 7.99. The van der Waals surface area contributed by atoms with Gasteiger partial charge in [-0.3, -0.25) is 4.79 Å². The average Bonchev–Trinajstić information content (AvgIpc) is 3.18. The number of amides is 2. The van der Waals surface area contributed by atoms with E-state index in [2.05, 4.69) is 10.6 Å². The molecule has 0 bridgehead atoms. The van der Waals surface area contributed by atoms with Crippen molar-refractivity contribution in [2.24, 2.45) is 17.3 Å². The van der Waals surface area contributed by atoms with E-state index in [1.54, 1.807) is 13.0 Å². The van der Waals surface area contributed by atoms with E-state index in [9.17, 15) is 27.9 Å². The first-order chi connectivity index (χ1) is 18.7. The molecule has 5 atom stereocenters. The van der Waals surface area contributed by atoms with Crippen molar-refractivity contribution >= 4 is 11.8 Å². The highest BCUT2D eigenvalue weighted by molar-refractivity contribution is 5.93. The molecule has 0 heterocycles. The lowest BCUT2D eigenvalue weighted by Gasteiger charge is -2.56. The summed E-state index contributed by atoms with van der Waals surface area (Å²) < 4.78 is 71.3.